The Morgan fingerprint density at radius 1 is 1.00 bits per heavy atom. The van der Waals surface area contributed by atoms with Crippen LogP contribution >= 0.6 is 0 Å². The first-order valence-electron chi connectivity index (χ1n) is 7.67. The zero-order valence-electron chi connectivity index (χ0n) is 14.1. The van der Waals surface area contributed by atoms with Gasteiger partial charge in [-0.25, -0.2) is 4.79 Å². The van der Waals surface area contributed by atoms with Gasteiger partial charge < -0.3 is 4.74 Å². The molecule has 0 aliphatic carbocycles. The number of benzene rings is 2. The zero-order valence-corrected chi connectivity index (χ0v) is 14.1. The number of hydrogen-bond acceptors (Lipinski definition) is 3. The number of rotatable bonds is 4. The van der Waals surface area contributed by atoms with E-state index in [4.69, 9.17) is 4.74 Å². The molecule has 2 aromatic rings. The molecule has 0 fully saturated rings. The Hall–Kier alpha value is -2.42. The van der Waals surface area contributed by atoms with Gasteiger partial charge in [0.2, 0.25) is 0 Å². The van der Waals surface area contributed by atoms with Gasteiger partial charge in [0.25, 0.3) is 0 Å². The molecular weight excluding hydrogens is 288 g/mol. The van der Waals surface area contributed by atoms with Gasteiger partial charge in [0.05, 0.1) is 5.56 Å². The van der Waals surface area contributed by atoms with Crippen LogP contribution in [0.3, 0.4) is 0 Å². The Labute approximate surface area is 137 Å². The molecule has 2 aromatic carbocycles. The Morgan fingerprint density at radius 2 is 1.65 bits per heavy atom. The van der Waals surface area contributed by atoms with E-state index in [9.17, 15) is 9.59 Å². The van der Waals surface area contributed by atoms with Crippen LogP contribution in [0.5, 0.6) is 5.75 Å². The fourth-order valence-electron chi connectivity index (χ4n) is 2.24. The molecule has 0 spiro atoms. The fourth-order valence-corrected chi connectivity index (χ4v) is 2.24. The molecular formula is C20H22O3. The molecule has 2 rings (SSSR count). The Bertz CT molecular complexity index is 706. The summed E-state index contributed by atoms with van der Waals surface area (Å²) in [6.07, 6.45) is 0.378. The number of carbonyl (C=O) groups excluding carboxylic acids is 2. The first-order valence-corrected chi connectivity index (χ1v) is 7.67. The maximum absolute atomic E-state index is 12.2. The van der Waals surface area contributed by atoms with Gasteiger partial charge in [0.15, 0.2) is 0 Å². The van der Waals surface area contributed by atoms with Crippen LogP contribution in [0.15, 0.2) is 48.5 Å². The van der Waals surface area contributed by atoms with Gasteiger partial charge in [-0.1, -0.05) is 45.0 Å². The highest BCUT2D eigenvalue weighted by atomic mass is 16.5. The van der Waals surface area contributed by atoms with Gasteiger partial charge in [-0.05, 0) is 47.7 Å². The summed E-state index contributed by atoms with van der Waals surface area (Å²) in [4.78, 5) is 23.3. The summed E-state index contributed by atoms with van der Waals surface area (Å²) >= 11 is 0. The molecule has 120 valence electrons. The lowest BCUT2D eigenvalue weighted by Gasteiger charge is -2.19. The molecule has 0 atom stereocenters. The first-order chi connectivity index (χ1) is 10.8. The van der Waals surface area contributed by atoms with E-state index in [0.717, 1.165) is 11.1 Å². The van der Waals surface area contributed by atoms with E-state index in [1.807, 2.05) is 18.2 Å². The molecule has 3 nitrogen and oxygen atoms in total. The van der Waals surface area contributed by atoms with Crippen LogP contribution in [0, 0.1) is 0 Å². The molecule has 23 heavy (non-hydrogen) atoms. The lowest BCUT2D eigenvalue weighted by atomic mass is 9.87. The molecule has 0 heterocycles. The molecule has 0 aromatic heterocycles. The third kappa shape index (κ3) is 4.78. The smallest absolute Gasteiger partial charge is 0.343 e. The van der Waals surface area contributed by atoms with Crippen molar-refractivity contribution in [3.05, 3.63) is 65.2 Å². The Morgan fingerprint density at radius 3 is 2.22 bits per heavy atom. The molecule has 0 aliphatic heterocycles. The van der Waals surface area contributed by atoms with Crippen molar-refractivity contribution in [2.75, 3.05) is 0 Å². The third-order valence-corrected chi connectivity index (χ3v) is 3.55. The minimum atomic E-state index is -0.398. The Balaban J connectivity index is 2.11. The SMILES string of the molecule is CC(=O)Cc1ccc(C(=O)Oc2cccc(C(C)(C)C)c2)cc1. The summed E-state index contributed by atoms with van der Waals surface area (Å²) in [5.74, 6) is 0.236. The monoisotopic (exact) mass is 310 g/mol. The lowest BCUT2D eigenvalue weighted by molar-refractivity contribution is -0.116. The molecule has 0 amide bonds. The number of ketones is 1. The van der Waals surface area contributed by atoms with Gasteiger partial charge in [-0.3, -0.25) is 4.79 Å². The Kier molecular flexibility index (Phi) is 4.99. The second-order valence-corrected chi connectivity index (χ2v) is 6.74. The molecule has 0 bridgehead atoms. The molecule has 0 radical (unpaired) electrons. The molecule has 0 saturated heterocycles. The highest BCUT2D eigenvalue weighted by molar-refractivity contribution is 5.91. The van der Waals surface area contributed by atoms with E-state index in [2.05, 4.69) is 20.8 Å². The van der Waals surface area contributed by atoms with Crippen molar-refractivity contribution >= 4 is 11.8 Å². The van der Waals surface area contributed by atoms with Crippen LogP contribution in [0.2, 0.25) is 0 Å². The van der Waals surface area contributed by atoms with Crippen molar-refractivity contribution in [3.8, 4) is 5.75 Å². The number of esters is 1. The normalized spacial score (nSPS) is 11.1. The van der Waals surface area contributed by atoms with E-state index in [-0.39, 0.29) is 11.2 Å². The van der Waals surface area contributed by atoms with Gasteiger partial charge in [0, 0.05) is 6.42 Å². The predicted octanol–water partition coefficient (Wildman–Crippen LogP) is 4.33. The standard InChI is InChI=1S/C20H22O3/c1-14(21)12-15-8-10-16(11-9-15)19(22)23-18-7-5-6-17(13-18)20(2,3)4/h5-11,13H,12H2,1-4H3. The number of hydrogen-bond donors (Lipinski definition) is 0. The van der Waals surface area contributed by atoms with E-state index < -0.39 is 5.97 Å². The van der Waals surface area contributed by atoms with Crippen LogP contribution < -0.4 is 4.74 Å². The highest BCUT2D eigenvalue weighted by Gasteiger charge is 2.15. The van der Waals surface area contributed by atoms with E-state index in [0.29, 0.717) is 17.7 Å². The minimum absolute atomic E-state index is 0.00322. The van der Waals surface area contributed by atoms with E-state index in [1.165, 1.54) is 0 Å². The maximum atomic E-state index is 12.2. The third-order valence-electron chi connectivity index (χ3n) is 3.55. The van der Waals surface area contributed by atoms with Crippen LogP contribution in [-0.2, 0) is 16.6 Å². The van der Waals surface area contributed by atoms with E-state index >= 15 is 0 Å². The van der Waals surface area contributed by atoms with Crippen molar-refractivity contribution in [1.29, 1.82) is 0 Å². The molecule has 0 aliphatic rings. The number of ether oxygens (including phenoxy) is 1. The summed E-state index contributed by atoms with van der Waals surface area (Å²) < 4.78 is 5.45. The van der Waals surface area contributed by atoms with Crippen molar-refractivity contribution in [1.82, 2.24) is 0 Å². The summed E-state index contributed by atoms with van der Waals surface area (Å²) in [5.41, 5.74) is 2.47. The molecule has 0 saturated carbocycles. The highest BCUT2D eigenvalue weighted by Crippen LogP contribution is 2.26. The summed E-state index contributed by atoms with van der Waals surface area (Å²) in [6, 6.07) is 14.5. The van der Waals surface area contributed by atoms with Crippen LogP contribution in [-0.4, -0.2) is 11.8 Å². The number of Topliss-reactive ketones (excluding diaryl/α,β-unsaturated/α-hetero) is 1. The van der Waals surface area contributed by atoms with Gasteiger partial charge in [0.1, 0.15) is 11.5 Å². The average Bonchev–Trinajstić information content (AvgIpc) is 2.46. The van der Waals surface area contributed by atoms with Crippen LogP contribution in [0.4, 0.5) is 0 Å². The largest absolute Gasteiger partial charge is 0.423 e. The van der Waals surface area contributed by atoms with Gasteiger partial charge in [-0.2, -0.15) is 0 Å². The fraction of sp³-hybridized carbons (Fsp3) is 0.300. The zero-order chi connectivity index (χ0) is 17.0. The molecule has 0 unspecified atom stereocenters. The van der Waals surface area contributed by atoms with Crippen molar-refractivity contribution in [3.63, 3.8) is 0 Å². The topological polar surface area (TPSA) is 43.4 Å². The van der Waals surface area contributed by atoms with Gasteiger partial charge >= 0.3 is 5.97 Å². The number of carbonyl (C=O) groups is 2. The second-order valence-electron chi connectivity index (χ2n) is 6.74. The van der Waals surface area contributed by atoms with Crippen LogP contribution in [0.1, 0.15) is 49.2 Å². The van der Waals surface area contributed by atoms with E-state index in [1.54, 1.807) is 37.3 Å². The second kappa shape index (κ2) is 6.78. The van der Waals surface area contributed by atoms with Crippen molar-refractivity contribution < 1.29 is 14.3 Å². The van der Waals surface area contributed by atoms with Crippen molar-refractivity contribution in [2.24, 2.45) is 0 Å². The molecule has 0 N–H and O–H groups in total. The minimum Gasteiger partial charge on any atom is -0.423 e. The van der Waals surface area contributed by atoms with Gasteiger partial charge in [-0.15, -0.1) is 0 Å². The average molecular weight is 310 g/mol. The first kappa shape index (κ1) is 16.9. The predicted molar refractivity (Wildman–Crippen MR) is 90.9 cm³/mol. The van der Waals surface area contributed by atoms with Crippen LogP contribution in [0.25, 0.3) is 0 Å². The van der Waals surface area contributed by atoms with Crippen molar-refractivity contribution in [2.45, 2.75) is 39.5 Å². The summed E-state index contributed by atoms with van der Waals surface area (Å²) in [5, 5.41) is 0. The quantitative estimate of drug-likeness (QED) is 0.623. The summed E-state index contributed by atoms with van der Waals surface area (Å²) in [7, 11) is 0. The summed E-state index contributed by atoms with van der Waals surface area (Å²) in [6.45, 7) is 7.88. The maximum Gasteiger partial charge on any atom is 0.343 e. The molecule has 3 heteroatoms. The lowest BCUT2D eigenvalue weighted by Crippen LogP contribution is -2.12.